The molecule has 2 heterocycles. The van der Waals surface area contributed by atoms with E-state index in [1.165, 1.54) is 36.4 Å². The minimum absolute atomic E-state index is 0.0550. The van der Waals surface area contributed by atoms with E-state index >= 15 is 0 Å². The van der Waals surface area contributed by atoms with Crippen LogP contribution in [0.1, 0.15) is 11.1 Å². The van der Waals surface area contributed by atoms with Crippen LogP contribution in [-0.4, -0.2) is 0 Å². The quantitative estimate of drug-likeness (QED) is 0.286. The fourth-order valence-corrected chi connectivity index (χ4v) is 5.18. The van der Waals surface area contributed by atoms with Gasteiger partial charge >= 0.3 is 19.1 Å². The average Bonchev–Trinajstić information content (AvgIpc) is 2.65. The molecule has 0 aliphatic rings. The molecule has 0 atom stereocenters. The number of hydrogen-bond donors (Lipinski definition) is 0. The van der Waals surface area contributed by atoms with Gasteiger partial charge in [-0.05, 0) is 49.2 Å². The lowest BCUT2D eigenvalue weighted by molar-refractivity contribution is -0.334. The molecule has 0 amide bonds. The number of aryl methyl sites for hydroxylation is 2. The Hall–Kier alpha value is -3.20. The second-order valence-electron chi connectivity index (χ2n) is 6.97. The Kier molecular flexibility index (Phi) is 5.78. The van der Waals surface area contributed by atoms with Crippen LogP contribution in [0.3, 0.4) is 0 Å². The van der Waals surface area contributed by atoms with Gasteiger partial charge in [0.05, 0.1) is 7.82 Å². The van der Waals surface area contributed by atoms with E-state index in [2.05, 4.69) is 4.31 Å². The molecule has 2 aromatic carbocycles. The van der Waals surface area contributed by atoms with Gasteiger partial charge in [0.2, 0.25) is 0 Å². The molecule has 0 aliphatic carbocycles. The minimum Gasteiger partial charge on any atom is -0.789 e. The topological polar surface area (TPSA) is 168 Å². The molecule has 0 N–H and O–H groups in total. The van der Waals surface area contributed by atoms with Gasteiger partial charge in [-0.3, -0.25) is 0 Å². The largest absolute Gasteiger partial charge is 0.789 e. The summed E-state index contributed by atoms with van der Waals surface area (Å²) >= 11 is 0. The minimum atomic E-state index is -5.85. The molecule has 0 saturated heterocycles. The molecule has 4 rings (SSSR count). The van der Waals surface area contributed by atoms with Crippen LogP contribution in [0.5, 0.6) is 11.5 Å². The molecule has 0 spiro atoms. The number of phosphoric ester groups is 1. The molecule has 11 nitrogen and oxygen atoms in total. The SMILES string of the molecule is Cc1cc(=O)oc2cc(OP(=O)(Oc3ccc4c(C)cc(=O)oc4c3)OP(=O)([O-])[O-])ccc12. The van der Waals surface area contributed by atoms with Crippen molar-refractivity contribution in [1.82, 2.24) is 0 Å². The highest BCUT2D eigenvalue weighted by Gasteiger charge is 2.33. The molecule has 0 aliphatic heterocycles. The summed E-state index contributed by atoms with van der Waals surface area (Å²) < 4.78 is 48.8. The Morgan fingerprint density at radius 3 is 1.55 bits per heavy atom. The summed E-state index contributed by atoms with van der Waals surface area (Å²) in [4.78, 5) is 45.7. The molecule has 172 valence electrons. The lowest BCUT2D eigenvalue weighted by Crippen LogP contribution is -2.18. The predicted octanol–water partition coefficient (Wildman–Crippen LogP) is 2.93. The van der Waals surface area contributed by atoms with E-state index in [1.54, 1.807) is 13.8 Å². The number of fused-ring (bicyclic) bond motifs is 2. The van der Waals surface area contributed by atoms with Crippen LogP contribution in [0.15, 0.2) is 67.0 Å². The molecule has 0 bridgehead atoms. The van der Waals surface area contributed by atoms with E-state index in [1.807, 2.05) is 0 Å². The summed E-state index contributed by atoms with van der Waals surface area (Å²) in [6.07, 6.45) is 0. The summed E-state index contributed by atoms with van der Waals surface area (Å²) in [5.41, 5.74) is 0.00719. The summed E-state index contributed by atoms with van der Waals surface area (Å²) in [6, 6.07) is 10.4. The van der Waals surface area contributed by atoms with Crippen molar-refractivity contribution in [3.63, 3.8) is 0 Å². The number of hydrogen-bond acceptors (Lipinski definition) is 11. The molecule has 0 unspecified atom stereocenters. The van der Waals surface area contributed by atoms with Crippen molar-refractivity contribution in [3.05, 3.63) is 80.5 Å². The van der Waals surface area contributed by atoms with E-state index in [-0.39, 0.29) is 22.7 Å². The normalized spacial score (nSPS) is 12.2. The third kappa shape index (κ3) is 5.24. The van der Waals surface area contributed by atoms with Gasteiger partial charge in [0.25, 0.3) is 0 Å². The van der Waals surface area contributed by atoms with E-state index in [0.29, 0.717) is 21.9 Å². The van der Waals surface area contributed by atoms with Gasteiger partial charge in [0.15, 0.2) is 0 Å². The zero-order chi connectivity index (χ0) is 24.0. The predicted molar refractivity (Wildman–Crippen MR) is 112 cm³/mol. The van der Waals surface area contributed by atoms with E-state index in [0.717, 1.165) is 12.1 Å². The average molecular weight is 492 g/mol. The van der Waals surface area contributed by atoms with Gasteiger partial charge in [-0.15, -0.1) is 0 Å². The van der Waals surface area contributed by atoms with Gasteiger partial charge in [-0.2, -0.15) is 0 Å². The Bertz CT molecular complexity index is 1490. The Morgan fingerprint density at radius 2 is 1.15 bits per heavy atom. The van der Waals surface area contributed by atoms with Crippen molar-refractivity contribution >= 4 is 37.6 Å². The maximum absolute atomic E-state index is 13.1. The van der Waals surface area contributed by atoms with Crippen molar-refractivity contribution in [1.29, 1.82) is 0 Å². The lowest BCUT2D eigenvalue weighted by Gasteiger charge is -2.31. The summed E-state index contributed by atoms with van der Waals surface area (Å²) in [6.45, 7) is 3.34. The van der Waals surface area contributed by atoms with Crippen LogP contribution in [0, 0.1) is 13.8 Å². The lowest BCUT2D eigenvalue weighted by atomic mass is 10.1. The van der Waals surface area contributed by atoms with Gasteiger partial charge in [0, 0.05) is 35.0 Å². The standard InChI is InChI=1S/C20H16O11P2/c1-11-7-19(21)27-17-9-13(3-5-15(11)17)29-33(26,31-32(23,24)25)30-14-4-6-16-12(2)8-20(22)28-18(16)10-14/h3-10H,1-2H3,(H2,23,24,25)/p-2. The van der Waals surface area contributed by atoms with Crippen LogP contribution in [0.25, 0.3) is 21.9 Å². The van der Waals surface area contributed by atoms with Crippen LogP contribution in [0.2, 0.25) is 0 Å². The fraction of sp³-hybridized carbons (Fsp3) is 0.100. The highest BCUT2D eigenvalue weighted by molar-refractivity contribution is 7.60. The van der Waals surface area contributed by atoms with Crippen LogP contribution in [0.4, 0.5) is 0 Å². The van der Waals surface area contributed by atoms with Crippen LogP contribution < -0.4 is 30.1 Å². The zero-order valence-corrected chi connectivity index (χ0v) is 18.8. The summed E-state index contributed by atoms with van der Waals surface area (Å²) in [7, 11) is -11.0. The number of phosphoric acid groups is 2. The zero-order valence-electron chi connectivity index (χ0n) is 17.0. The smallest absolute Gasteiger partial charge is 0.591 e. The van der Waals surface area contributed by atoms with Gasteiger partial charge in [0.1, 0.15) is 22.7 Å². The van der Waals surface area contributed by atoms with Crippen molar-refractivity contribution in [3.8, 4) is 11.5 Å². The molecular formula is C20H14O11P2-2. The first-order valence-electron chi connectivity index (χ1n) is 9.22. The molecular weight excluding hydrogens is 478 g/mol. The third-order valence-electron chi connectivity index (χ3n) is 4.48. The monoisotopic (exact) mass is 492 g/mol. The maximum atomic E-state index is 13.1. The first-order chi connectivity index (χ1) is 15.4. The molecule has 0 fully saturated rings. The number of rotatable bonds is 6. The number of benzene rings is 2. The van der Waals surface area contributed by atoms with Crippen molar-refractivity contribution in [2.75, 3.05) is 0 Å². The van der Waals surface area contributed by atoms with E-state index in [9.17, 15) is 28.5 Å². The third-order valence-corrected chi connectivity index (χ3v) is 6.95. The highest BCUT2D eigenvalue weighted by Crippen LogP contribution is 2.57. The van der Waals surface area contributed by atoms with Gasteiger partial charge in [-0.25, -0.2) is 18.5 Å². The van der Waals surface area contributed by atoms with Gasteiger partial charge in [-0.1, -0.05) is 0 Å². The van der Waals surface area contributed by atoms with Crippen molar-refractivity contribution < 1.29 is 41.1 Å². The second kappa shape index (κ2) is 8.30. The van der Waals surface area contributed by atoms with Crippen LogP contribution in [-0.2, 0) is 13.4 Å². The van der Waals surface area contributed by atoms with Crippen molar-refractivity contribution in [2.24, 2.45) is 0 Å². The summed E-state index contributed by atoms with van der Waals surface area (Å²) in [5, 5.41) is 1.08. The fourth-order valence-electron chi connectivity index (χ4n) is 3.16. The Labute approximate surface area is 185 Å². The molecule has 13 heteroatoms. The maximum Gasteiger partial charge on any atom is 0.591 e. The van der Waals surface area contributed by atoms with E-state index < -0.39 is 26.9 Å². The first-order valence-corrected chi connectivity index (χ1v) is 12.1. The highest BCUT2D eigenvalue weighted by atomic mass is 31.3. The molecule has 0 radical (unpaired) electrons. The molecule has 33 heavy (non-hydrogen) atoms. The second-order valence-corrected chi connectivity index (χ2v) is 9.78. The molecule has 0 saturated carbocycles. The van der Waals surface area contributed by atoms with Crippen LogP contribution >= 0.6 is 15.6 Å². The van der Waals surface area contributed by atoms with Crippen molar-refractivity contribution in [2.45, 2.75) is 13.8 Å². The Morgan fingerprint density at radius 1 is 0.727 bits per heavy atom. The Balaban J connectivity index is 1.74. The first kappa shape index (κ1) is 23.0. The summed E-state index contributed by atoms with van der Waals surface area (Å²) in [5.74, 6) is -0.535. The molecule has 2 aromatic heterocycles. The van der Waals surface area contributed by atoms with E-state index in [4.69, 9.17) is 17.9 Å². The molecule has 4 aromatic rings. The van der Waals surface area contributed by atoms with Gasteiger partial charge < -0.3 is 32.2 Å².